The van der Waals surface area contributed by atoms with E-state index in [9.17, 15) is 9.59 Å². The number of piperidine rings is 1. The van der Waals surface area contributed by atoms with Gasteiger partial charge in [-0.3, -0.25) is 9.59 Å². The predicted molar refractivity (Wildman–Crippen MR) is 135 cm³/mol. The van der Waals surface area contributed by atoms with Crippen LogP contribution < -0.4 is 10.1 Å². The molecule has 2 aromatic carbocycles. The van der Waals surface area contributed by atoms with Crippen LogP contribution in [0.15, 0.2) is 66.2 Å². The first-order valence-electron chi connectivity index (χ1n) is 11.5. The summed E-state index contributed by atoms with van der Waals surface area (Å²) in [6.07, 6.45) is 3.97. The lowest BCUT2D eigenvalue weighted by atomic mass is 9.89. The third-order valence-electron chi connectivity index (χ3n) is 6.54. The number of rotatable bonds is 6. The highest BCUT2D eigenvalue weighted by atomic mass is 32.1. The molecule has 3 heterocycles. The topological polar surface area (TPSA) is 74.4 Å². The van der Waals surface area contributed by atoms with Gasteiger partial charge < -0.3 is 19.9 Å². The van der Waals surface area contributed by atoms with E-state index in [2.05, 4.69) is 22.6 Å². The van der Waals surface area contributed by atoms with E-state index in [1.165, 1.54) is 22.3 Å². The second kappa shape index (κ2) is 9.73. The van der Waals surface area contributed by atoms with Crippen LogP contribution in [0, 0.1) is 0 Å². The van der Waals surface area contributed by atoms with E-state index in [0.717, 1.165) is 42.8 Å². The molecule has 0 radical (unpaired) electrons. The molecule has 2 aromatic heterocycles. The Hall–Kier alpha value is -3.58. The molecule has 0 unspecified atom stereocenters. The lowest BCUT2D eigenvalue weighted by molar-refractivity contribution is 0.0713. The summed E-state index contributed by atoms with van der Waals surface area (Å²) in [7, 11) is 1.69. The van der Waals surface area contributed by atoms with Crippen LogP contribution in [0.5, 0.6) is 5.75 Å². The number of nitrogens with zero attached hydrogens (tertiary/aromatic N) is 1. The lowest BCUT2D eigenvalue weighted by Gasteiger charge is -2.32. The van der Waals surface area contributed by atoms with Gasteiger partial charge in [-0.25, -0.2) is 0 Å². The van der Waals surface area contributed by atoms with E-state index in [0.29, 0.717) is 22.9 Å². The minimum atomic E-state index is -0.0772. The Bertz CT molecular complexity index is 1290. The van der Waals surface area contributed by atoms with Crippen LogP contribution >= 0.6 is 11.3 Å². The Morgan fingerprint density at radius 2 is 1.91 bits per heavy atom. The van der Waals surface area contributed by atoms with Gasteiger partial charge >= 0.3 is 0 Å². The number of H-pyrrole nitrogens is 1. The standard InChI is InChI=1S/C27H27N3O3S/c1-33-21-8-9-24-22(15-21)23(17-28-24)19-10-12-30(13-11-19)27(32)20-6-4-18(5-7-20)16-29-26(31)25-3-2-14-34-25/h2-9,14-15,17,19,28H,10-13,16H2,1H3,(H,29,31). The van der Waals surface area contributed by atoms with Gasteiger partial charge in [0.05, 0.1) is 12.0 Å². The minimum Gasteiger partial charge on any atom is -0.497 e. The second-order valence-electron chi connectivity index (χ2n) is 8.58. The zero-order valence-corrected chi connectivity index (χ0v) is 19.9. The largest absolute Gasteiger partial charge is 0.497 e. The normalized spacial score (nSPS) is 14.3. The molecule has 6 nitrogen and oxygen atoms in total. The van der Waals surface area contributed by atoms with Gasteiger partial charge in [0.25, 0.3) is 11.8 Å². The van der Waals surface area contributed by atoms with E-state index in [4.69, 9.17) is 4.74 Å². The van der Waals surface area contributed by atoms with Gasteiger partial charge in [0, 0.05) is 42.3 Å². The molecule has 1 aliphatic rings. The number of nitrogens with one attached hydrogen (secondary N) is 2. The fraction of sp³-hybridized carbons (Fsp3) is 0.259. The molecule has 0 spiro atoms. The molecular formula is C27H27N3O3S. The van der Waals surface area contributed by atoms with E-state index in [1.807, 2.05) is 52.7 Å². The first kappa shape index (κ1) is 22.2. The van der Waals surface area contributed by atoms with E-state index >= 15 is 0 Å². The molecule has 5 rings (SSSR count). The summed E-state index contributed by atoms with van der Waals surface area (Å²) >= 11 is 1.42. The molecule has 0 bridgehead atoms. The number of fused-ring (bicyclic) bond motifs is 1. The van der Waals surface area contributed by atoms with Gasteiger partial charge in [-0.05, 0) is 71.7 Å². The predicted octanol–water partition coefficient (Wildman–Crippen LogP) is 5.19. The quantitative estimate of drug-likeness (QED) is 0.405. The van der Waals surface area contributed by atoms with E-state index in [1.54, 1.807) is 13.2 Å². The number of aromatic amines is 1. The Morgan fingerprint density at radius 1 is 1.12 bits per heavy atom. The maximum Gasteiger partial charge on any atom is 0.261 e. The van der Waals surface area contributed by atoms with Crippen LogP contribution in [-0.2, 0) is 6.54 Å². The number of carbonyl (C=O) groups is 2. The number of aromatic nitrogens is 1. The summed E-state index contributed by atoms with van der Waals surface area (Å²) in [6.45, 7) is 1.91. The van der Waals surface area contributed by atoms with Gasteiger partial charge in [0.2, 0.25) is 0 Å². The second-order valence-corrected chi connectivity index (χ2v) is 9.53. The van der Waals surface area contributed by atoms with Gasteiger partial charge in [0.15, 0.2) is 0 Å². The van der Waals surface area contributed by atoms with Crippen molar-refractivity contribution in [1.29, 1.82) is 0 Å². The Morgan fingerprint density at radius 3 is 2.62 bits per heavy atom. The Balaban J connectivity index is 1.18. The fourth-order valence-corrected chi connectivity index (χ4v) is 5.24. The maximum absolute atomic E-state index is 13.1. The number of likely N-dealkylation sites (tertiary alicyclic amines) is 1. The summed E-state index contributed by atoms with van der Waals surface area (Å²) in [4.78, 5) is 31.2. The average molecular weight is 474 g/mol. The summed E-state index contributed by atoms with van der Waals surface area (Å²) in [5, 5.41) is 6.00. The zero-order valence-electron chi connectivity index (χ0n) is 19.0. The molecule has 1 aliphatic heterocycles. The highest BCUT2D eigenvalue weighted by Crippen LogP contribution is 2.35. The number of hydrogen-bond acceptors (Lipinski definition) is 4. The third-order valence-corrected chi connectivity index (χ3v) is 7.41. The number of benzene rings is 2. The highest BCUT2D eigenvalue weighted by molar-refractivity contribution is 7.12. The number of carbonyl (C=O) groups excluding carboxylic acids is 2. The zero-order chi connectivity index (χ0) is 23.5. The SMILES string of the molecule is COc1ccc2[nH]cc(C3CCN(C(=O)c4ccc(CNC(=O)c5cccs5)cc4)CC3)c2c1. The van der Waals surface area contributed by atoms with Crippen molar-refractivity contribution < 1.29 is 14.3 Å². The van der Waals surface area contributed by atoms with Crippen LogP contribution in [0.4, 0.5) is 0 Å². The molecule has 0 aliphatic carbocycles. The Kier molecular flexibility index (Phi) is 6.36. The van der Waals surface area contributed by atoms with Crippen LogP contribution in [-0.4, -0.2) is 41.9 Å². The molecule has 1 fully saturated rings. The molecule has 34 heavy (non-hydrogen) atoms. The van der Waals surface area contributed by atoms with Gasteiger partial charge in [-0.15, -0.1) is 11.3 Å². The van der Waals surface area contributed by atoms with Gasteiger partial charge in [0.1, 0.15) is 5.75 Å². The molecule has 2 N–H and O–H groups in total. The van der Waals surface area contributed by atoms with Crippen molar-refractivity contribution in [3.63, 3.8) is 0 Å². The van der Waals surface area contributed by atoms with Crippen LogP contribution in [0.25, 0.3) is 10.9 Å². The highest BCUT2D eigenvalue weighted by Gasteiger charge is 2.26. The first-order valence-corrected chi connectivity index (χ1v) is 12.4. The van der Waals surface area contributed by atoms with Crippen molar-refractivity contribution in [3.8, 4) is 5.75 Å². The van der Waals surface area contributed by atoms with E-state index in [-0.39, 0.29) is 11.8 Å². The van der Waals surface area contributed by atoms with Crippen molar-refractivity contribution in [3.05, 3.63) is 87.7 Å². The first-order chi connectivity index (χ1) is 16.6. The number of thiophene rings is 1. The number of amides is 2. The molecular weight excluding hydrogens is 446 g/mol. The molecule has 1 saturated heterocycles. The summed E-state index contributed by atoms with van der Waals surface area (Å²) in [6, 6.07) is 17.3. The van der Waals surface area contributed by atoms with Gasteiger partial charge in [-0.1, -0.05) is 18.2 Å². The smallest absolute Gasteiger partial charge is 0.261 e. The fourth-order valence-electron chi connectivity index (χ4n) is 4.60. The molecule has 2 amide bonds. The minimum absolute atomic E-state index is 0.0632. The van der Waals surface area contributed by atoms with Crippen molar-refractivity contribution >= 4 is 34.1 Å². The van der Waals surface area contributed by atoms with E-state index < -0.39 is 0 Å². The van der Waals surface area contributed by atoms with Crippen LogP contribution in [0.3, 0.4) is 0 Å². The van der Waals surface area contributed by atoms with Crippen molar-refractivity contribution in [2.45, 2.75) is 25.3 Å². The Labute approximate surface area is 202 Å². The number of methoxy groups -OCH3 is 1. The molecule has 0 atom stereocenters. The van der Waals surface area contributed by atoms with Crippen molar-refractivity contribution in [2.24, 2.45) is 0 Å². The van der Waals surface area contributed by atoms with Crippen LogP contribution in [0.1, 0.15) is 49.9 Å². The third kappa shape index (κ3) is 4.56. The number of ether oxygens (including phenoxy) is 1. The monoisotopic (exact) mass is 473 g/mol. The molecule has 7 heteroatoms. The van der Waals surface area contributed by atoms with Crippen LogP contribution in [0.2, 0.25) is 0 Å². The maximum atomic E-state index is 13.1. The summed E-state index contributed by atoms with van der Waals surface area (Å²) in [5.74, 6) is 1.26. The van der Waals surface area contributed by atoms with Gasteiger partial charge in [-0.2, -0.15) is 0 Å². The van der Waals surface area contributed by atoms with Crippen molar-refractivity contribution in [1.82, 2.24) is 15.2 Å². The average Bonchev–Trinajstić information content (AvgIpc) is 3.57. The van der Waals surface area contributed by atoms with Crippen molar-refractivity contribution in [2.75, 3.05) is 20.2 Å². The molecule has 174 valence electrons. The molecule has 0 saturated carbocycles. The number of hydrogen-bond donors (Lipinski definition) is 2. The lowest BCUT2D eigenvalue weighted by Crippen LogP contribution is -2.37. The summed E-state index contributed by atoms with van der Waals surface area (Å²) in [5.41, 5.74) is 4.06. The summed E-state index contributed by atoms with van der Waals surface area (Å²) < 4.78 is 5.40. The molecule has 4 aromatic rings.